The quantitative estimate of drug-likeness (QED) is 0.708. The molecule has 0 saturated carbocycles. The summed E-state index contributed by atoms with van der Waals surface area (Å²) < 4.78 is 18.0. The third-order valence-corrected chi connectivity index (χ3v) is 1.96. The average molecular weight is 197 g/mol. The van der Waals surface area contributed by atoms with E-state index in [1.54, 1.807) is 19.2 Å². The SMILES string of the molecule is COCCCCNc1ccccc1F. The van der Waals surface area contributed by atoms with E-state index in [1.165, 1.54) is 6.07 Å². The third kappa shape index (κ3) is 3.75. The minimum Gasteiger partial charge on any atom is -0.385 e. The zero-order valence-corrected chi connectivity index (χ0v) is 8.42. The summed E-state index contributed by atoms with van der Waals surface area (Å²) in [6.45, 7) is 1.54. The summed E-state index contributed by atoms with van der Waals surface area (Å²) in [7, 11) is 1.68. The van der Waals surface area contributed by atoms with Crippen LogP contribution in [0.4, 0.5) is 10.1 Å². The van der Waals surface area contributed by atoms with Gasteiger partial charge in [0.2, 0.25) is 0 Å². The molecule has 0 aliphatic heterocycles. The van der Waals surface area contributed by atoms with Crippen molar-refractivity contribution in [2.75, 3.05) is 25.6 Å². The Kier molecular flexibility index (Phi) is 5.00. The van der Waals surface area contributed by atoms with E-state index in [9.17, 15) is 4.39 Å². The van der Waals surface area contributed by atoms with E-state index in [0.717, 1.165) is 26.0 Å². The zero-order chi connectivity index (χ0) is 10.2. The number of anilines is 1. The first kappa shape index (κ1) is 11.0. The van der Waals surface area contributed by atoms with E-state index in [-0.39, 0.29) is 5.82 Å². The highest BCUT2D eigenvalue weighted by molar-refractivity contribution is 5.44. The zero-order valence-electron chi connectivity index (χ0n) is 8.42. The summed E-state index contributed by atoms with van der Waals surface area (Å²) in [5.41, 5.74) is 0.574. The second-order valence-corrected chi connectivity index (χ2v) is 3.11. The van der Waals surface area contributed by atoms with Crippen LogP contribution in [0.1, 0.15) is 12.8 Å². The van der Waals surface area contributed by atoms with Crippen LogP contribution in [-0.4, -0.2) is 20.3 Å². The van der Waals surface area contributed by atoms with E-state index in [1.807, 2.05) is 6.07 Å². The van der Waals surface area contributed by atoms with Crippen molar-refractivity contribution in [2.24, 2.45) is 0 Å². The number of hydrogen-bond acceptors (Lipinski definition) is 2. The number of para-hydroxylation sites is 1. The summed E-state index contributed by atoms with van der Waals surface area (Å²) in [5, 5.41) is 3.04. The van der Waals surface area contributed by atoms with E-state index in [0.29, 0.717) is 5.69 Å². The van der Waals surface area contributed by atoms with Crippen LogP contribution in [0.2, 0.25) is 0 Å². The smallest absolute Gasteiger partial charge is 0.146 e. The molecule has 0 radical (unpaired) electrons. The van der Waals surface area contributed by atoms with Gasteiger partial charge in [-0.3, -0.25) is 0 Å². The molecule has 0 spiro atoms. The lowest BCUT2D eigenvalue weighted by Gasteiger charge is -2.06. The van der Waals surface area contributed by atoms with E-state index >= 15 is 0 Å². The molecule has 78 valence electrons. The van der Waals surface area contributed by atoms with Crippen molar-refractivity contribution in [1.29, 1.82) is 0 Å². The van der Waals surface area contributed by atoms with Crippen LogP contribution < -0.4 is 5.32 Å². The number of ether oxygens (including phenoxy) is 1. The van der Waals surface area contributed by atoms with Crippen molar-refractivity contribution in [1.82, 2.24) is 0 Å². The van der Waals surface area contributed by atoms with Gasteiger partial charge in [0.1, 0.15) is 5.82 Å². The van der Waals surface area contributed by atoms with Crippen molar-refractivity contribution in [3.05, 3.63) is 30.1 Å². The van der Waals surface area contributed by atoms with Crippen molar-refractivity contribution in [3.63, 3.8) is 0 Å². The molecule has 14 heavy (non-hydrogen) atoms. The maximum Gasteiger partial charge on any atom is 0.146 e. The lowest BCUT2D eigenvalue weighted by Crippen LogP contribution is -2.04. The molecule has 0 amide bonds. The molecule has 0 unspecified atom stereocenters. The fourth-order valence-corrected chi connectivity index (χ4v) is 1.20. The van der Waals surface area contributed by atoms with Crippen molar-refractivity contribution >= 4 is 5.69 Å². The first-order chi connectivity index (χ1) is 6.84. The molecule has 1 aromatic carbocycles. The normalized spacial score (nSPS) is 10.1. The number of nitrogens with one attached hydrogen (secondary N) is 1. The summed E-state index contributed by atoms with van der Waals surface area (Å²) in [4.78, 5) is 0. The van der Waals surface area contributed by atoms with Crippen LogP contribution in [0.15, 0.2) is 24.3 Å². The maximum absolute atomic E-state index is 13.1. The number of benzene rings is 1. The minimum atomic E-state index is -0.195. The van der Waals surface area contributed by atoms with Crippen molar-refractivity contribution < 1.29 is 9.13 Å². The average Bonchev–Trinajstić information content (AvgIpc) is 2.20. The molecule has 0 fully saturated rings. The Balaban J connectivity index is 2.21. The summed E-state index contributed by atoms with van der Waals surface area (Å²) in [6.07, 6.45) is 1.99. The van der Waals surface area contributed by atoms with Gasteiger partial charge in [-0.25, -0.2) is 4.39 Å². The van der Waals surface area contributed by atoms with Crippen LogP contribution in [0.25, 0.3) is 0 Å². The molecule has 3 heteroatoms. The number of halogens is 1. The molecule has 1 N–H and O–H groups in total. The Labute approximate surface area is 84.1 Å². The molecule has 0 heterocycles. The summed E-state index contributed by atoms with van der Waals surface area (Å²) in [5.74, 6) is -0.195. The van der Waals surface area contributed by atoms with Crippen LogP contribution in [0.3, 0.4) is 0 Å². The molecule has 1 aromatic rings. The molecule has 2 nitrogen and oxygen atoms in total. The molecule has 0 bridgehead atoms. The van der Waals surface area contributed by atoms with Crippen LogP contribution in [0.5, 0.6) is 0 Å². The number of rotatable bonds is 6. The number of unbranched alkanes of at least 4 members (excludes halogenated alkanes) is 1. The molecule has 0 aliphatic rings. The highest BCUT2D eigenvalue weighted by Crippen LogP contribution is 2.11. The topological polar surface area (TPSA) is 21.3 Å². The maximum atomic E-state index is 13.1. The van der Waals surface area contributed by atoms with Gasteiger partial charge < -0.3 is 10.1 Å². The van der Waals surface area contributed by atoms with E-state index in [2.05, 4.69) is 5.32 Å². The third-order valence-electron chi connectivity index (χ3n) is 1.96. The Morgan fingerprint density at radius 3 is 2.79 bits per heavy atom. The highest BCUT2D eigenvalue weighted by Gasteiger charge is 1.97. The second kappa shape index (κ2) is 6.38. The van der Waals surface area contributed by atoms with Crippen molar-refractivity contribution in [3.8, 4) is 0 Å². The van der Waals surface area contributed by atoms with Gasteiger partial charge in [0.05, 0.1) is 5.69 Å². The Bertz CT molecular complexity index is 265. The van der Waals surface area contributed by atoms with Gasteiger partial charge in [-0.1, -0.05) is 12.1 Å². The van der Waals surface area contributed by atoms with Gasteiger partial charge in [0, 0.05) is 20.3 Å². The standard InChI is InChI=1S/C11H16FNO/c1-14-9-5-4-8-13-11-7-3-2-6-10(11)12/h2-3,6-7,13H,4-5,8-9H2,1H3. The van der Waals surface area contributed by atoms with Crippen LogP contribution in [-0.2, 0) is 4.74 Å². The molecular formula is C11H16FNO. The first-order valence-corrected chi connectivity index (χ1v) is 4.82. The molecular weight excluding hydrogens is 181 g/mol. The fraction of sp³-hybridized carbons (Fsp3) is 0.455. The number of methoxy groups -OCH3 is 1. The van der Waals surface area contributed by atoms with Crippen LogP contribution >= 0.6 is 0 Å². The molecule has 0 aliphatic carbocycles. The van der Waals surface area contributed by atoms with Crippen molar-refractivity contribution in [2.45, 2.75) is 12.8 Å². The second-order valence-electron chi connectivity index (χ2n) is 3.11. The predicted molar refractivity (Wildman–Crippen MR) is 56.0 cm³/mol. The van der Waals surface area contributed by atoms with E-state index in [4.69, 9.17) is 4.74 Å². The number of hydrogen-bond donors (Lipinski definition) is 1. The van der Waals surface area contributed by atoms with Gasteiger partial charge in [0.25, 0.3) is 0 Å². The minimum absolute atomic E-state index is 0.195. The van der Waals surface area contributed by atoms with E-state index < -0.39 is 0 Å². The summed E-state index contributed by atoms with van der Waals surface area (Å²) in [6, 6.07) is 6.70. The molecule has 0 aromatic heterocycles. The molecule has 0 saturated heterocycles. The monoisotopic (exact) mass is 197 g/mol. The molecule has 1 rings (SSSR count). The predicted octanol–water partition coefficient (Wildman–Crippen LogP) is 2.66. The highest BCUT2D eigenvalue weighted by atomic mass is 19.1. The van der Waals surface area contributed by atoms with Gasteiger partial charge >= 0.3 is 0 Å². The van der Waals surface area contributed by atoms with Gasteiger partial charge in [-0.05, 0) is 25.0 Å². The summed E-state index contributed by atoms with van der Waals surface area (Å²) >= 11 is 0. The largest absolute Gasteiger partial charge is 0.385 e. The Morgan fingerprint density at radius 1 is 1.29 bits per heavy atom. The first-order valence-electron chi connectivity index (χ1n) is 4.82. The van der Waals surface area contributed by atoms with Gasteiger partial charge in [-0.2, -0.15) is 0 Å². The van der Waals surface area contributed by atoms with Gasteiger partial charge in [0.15, 0.2) is 0 Å². The lowest BCUT2D eigenvalue weighted by molar-refractivity contribution is 0.194. The van der Waals surface area contributed by atoms with Crippen LogP contribution in [0, 0.1) is 5.82 Å². The lowest BCUT2D eigenvalue weighted by atomic mass is 10.3. The van der Waals surface area contributed by atoms with Gasteiger partial charge in [-0.15, -0.1) is 0 Å². The Morgan fingerprint density at radius 2 is 2.07 bits per heavy atom. The fourth-order valence-electron chi connectivity index (χ4n) is 1.20. The molecule has 0 atom stereocenters. The Hall–Kier alpha value is -1.09.